The van der Waals surface area contributed by atoms with Crippen molar-refractivity contribution in [2.45, 2.75) is 32.6 Å². The molecule has 0 aliphatic rings. The molecule has 0 fully saturated rings. The summed E-state index contributed by atoms with van der Waals surface area (Å²) < 4.78 is 0. The van der Waals surface area contributed by atoms with E-state index in [2.05, 4.69) is 9.97 Å². The van der Waals surface area contributed by atoms with Crippen LogP contribution in [0.1, 0.15) is 47.7 Å². The van der Waals surface area contributed by atoms with E-state index < -0.39 is 0 Å². The molecule has 0 saturated carbocycles. The van der Waals surface area contributed by atoms with E-state index in [-0.39, 0.29) is 16.8 Å². The lowest BCUT2D eigenvalue weighted by molar-refractivity contribution is 0.0978. The van der Waals surface area contributed by atoms with Crippen LogP contribution in [0.4, 0.5) is 0 Å². The highest BCUT2D eigenvalue weighted by Gasteiger charge is 2.13. The Morgan fingerprint density at radius 1 is 1.21 bits per heavy atom. The van der Waals surface area contributed by atoms with E-state index in [9.17, 15) is 9.59 Å². The van der Waals surface area contributed by atoms with Gasteiger partial charge in [-0.15, -0.1) is 0 Å². The normalized spacial score (nSPS) is 10.9. The molecule has 0 unspecified atom stereocenters. The van der Waals surface area contributed by atoms with Crippen molar-refractivity contribution in [1.82, 2.24) is 9.97 Å². The Labute approximate surface area is 140 Å². The SMILES string of the molecule is CCCCC(=O)c1c[nH]c2ccc(Cc3cccnc3)cc2c1=O. The molecule has 0 radical (unpaired) electrons. The first-order valence-corrected chi connectivity index (χ1v) is 8.25. The van der Waals surface area contributed by atoms with E-state index in [0.717, 1.165) is 29.5 Å². The zero-order valence-corrected chi connectivity index (χ0v) is 13.7. The van der Waals surface area contributed by atoms with Gasteiger partial charge in [0.1, 0.15) is 0 Å². The maximum Gasteiger partial charge on any atom is 0.200 e. The topological polar surface area (TPSA) is 62.8 Å². The fourth-order valence-electron chi connectivity index (χ4n) is 2.79. The minimum atomic E-state index is -0.183. The molecular weight excluding hydrogens is 300 g/mol. The number of hydrogen-bond donors (Lipinski definition) is 1. The molecule has 4 nitrogen and oxygen atoms in total. The minimum absolute atomic E-state index is 0.0855. The van der Waals surface area contributed by atoms with Crippen LogP contribution in [0, 0.1) is 0 Å². The molecule has 1 aromatic carbocycles. The second-order valence-electron chi connectivity index (χ2n) is 5.98. The number of benzene rings is 1. The molecule has 2 heterocycles. The average molecular weight is 320 g/mol. The molecule has 0 bridgehead atoms. The van der Waals surface area contributed by atoms with Crippen molar-refractivity contribution in [3.8, 4) is 0 Å². The molecule has 0 atom stereocenters. The van der Waals surface area contributed by atoms with E-state index >= 15 is 0 Å². The predicted molar refractivity (Wildman–Crippen MR) is 95.5 cm³/mol. The van der Waals surface area contributed by atoms with Crippen LogP contribution >= 0.6 is 0 Å². The second kappa shape index (κ2) is 7.21. The van der Waals surface area contributed by atoms with Crippen LogP contribution in [0.15, 0.2) is 53.7 Å². The Morgan fingerprint density at radius 3 is 2.83 bits per heavy atom. The van der Waals surface area contributed by atoms with Gasteiger partial charge in [0.15, 0.2) is 11.2 Å². The van der Waals surface area contributed by atoms with Gasteiger partial charge in [0.2, 0.25) is 0 Å². The highest BCUT2D eigenvalue weighted by atomic mass is 16.1. The van der Waals surface area contributed by atoms with E-state index in [1.807, 2.05) is 43.5 Å². The summed E-state index contributed by atoms with van der Waals surface area (Å²) in [5, 5.41) is 0.568. The first-order chi connectivity index (χ1) is 11.7. The van der Waals surface area contributed by atoms with Crippen molar-refractivity contribution in [3.05, 3.63) is 75.8 Å². The van der Waals surface area contributed by atoms with E-state index in [1.54, 1.807) is 12.4 Å². The van der Waals surface area contributed by atoms with Crippen LogP contribution in [-0.2, 0) is 6.42 Å². The number of carbonyl (C=O) groups excluding carboxylic acids is 1. The number of Topliss-reactive ketones (excluding diaryl/α,β-unsaturated/α-hetero) is 1. The number of H-pyrrole nitrogens is 1. The lowest BCUT2D eigenvalue weighted by Gasteiger charge is -2.06. The van der Waals surface area contributed by atoms with Gasteiger partial charge in [-0.3, -0.25) is 14.6 Å². The number of aromatic nitrogens is 2. The molecule has 1 N–H and O–H groups in total. The third-order valence-corrected chi connectivity index (χ3v) is 4.13. The van der Waals surface area contributed by atoms with Crippen LogP contribution in [-0.4, -0.2) is 15.8 Å². The number of hydrogen-bond acceptors (Lipinski definition) is 3. The highest BCUT2D eigenvalue weighted by molar-refractivity contribution is 5.98. The quantitative estimate of drug-likeness (QED) is 0.701. The van der Waals surface area contributed by atoms with Crippen LogP contribution in [0.3, 0.4) is 0 Å². The number of unbranched alkanes of at least 4 members (excludes halogenated alkanes) is 1. The zero-order chi connectivity index (χ0) is 16.9. The summed E-state index contributed by atoms with van der Waals surface area (Å²) in [6.45, 7) is 2.03. The van der Waals surface area contributed by atoms with E-state index in [0.29, 0.717) is 18.2 Å². The maximum absolute atomic E-state index is 12.7. The first kappa shape index (κ1) is 16.1. The second-order valence-corrected chi connectivity index (χ2v) is 5.98. The molecule has 0 spiro atoms. The third kappa shape index (κ3) is 3.43. The molecule has 0 amide bonds. The average Bonchev–Trinajstić information content (AvgIpc) is 2.61. The molecule has 2 aromatic heterocycles. The van der Waals surface area contributed by atoms with Gasteiger partial charge in [-0.25, -0.2) is 0 Å². The Morgan fingerprint density at radius 2 is 2.08 bits per heavy atom. The Kier molecular flexibility index (Phi) is 4.85. The fourth-order valence-corrected chi connectivity index (χ4v) is 2.79. The number of ketones is 1. The summed E-state index contributed by atoms with van der Waals surface area (Å²) in [7, 11) is 0. The monoisotopic (exact) mass is 320 g/mol. The fraction of sp³-hybridized carbons (Fsp3) is 0.250. The third-order valence-electron chi connectivity index (χ3n) is 4.13. The van der Waals surface area contributed by atoms with Gasteiger partial charge in [0.05, 0.1) is 5.56 Å². The smallest absolute Gasteiger partial charge is 0.200 e. The first-order valence-electron chi connectivity index (χ1n) is 8.25. The largest absolute Gasteiger partial charge is 0.360 e. The summed E-state index contributed by atoms with van der Waals surface area (Å²) in [6.07, 6.45) is 7.97. The van der Waals surface area contributed by atoms with Crippen molar-refractivity contribution in [3.63, 3.8) is 0 Å². The van der Waals surface area contributed by atoms with Crippen molar-refractivity contribution < 1.29 is 4.79 Å². The number of aromatic amines is 1. The van der Waals surface area contributed by atoms with Crippen LogP contribution in [0.25, 0.3) is 10.9 Å². The Hall–Kier alpha value is -2.75. The van der Waals surface area contributed by atoms with Gasteiger partial charge in [-0.1, -0.05) is 25.5 Å². The maximum atomic E-state index is 12.7. The predicted octanol–water partition coefficient (Wildman–Crippen LogP) is 3.89. The lowest BCUT2D eigenvalue weighted by atomic mass is 10.0. The molecular formula is C20H20N2O2. The van der Waals surface area contributed by atoms with Gasteiger partial charge < -0.3 is 4.98 Å². The summed E-state index contributed by atoms with van der Waals surface area (Å²) in [6, 6.07) is 9.66. The number of nitrogens with one attached hydrogen (secondary N) is 1. The summed E-state index contributed by atoms with van der Waals surface area (Å²) in [5.74, 6) is -0.0855. The highest BCUT2D eigenvalue weighted by Crippen LogP contribution is 2.15. The number of rotatable bonds is 6. The number of carbonyl (C=O) groups is 1. The van der Waals surface area contributed by atoms with Gasteiger partial charge in [-0.05, 0) is 42.2 Å². The van der Waals surface area contributed by atoms with E-state index in [4.69, 9.17) is 0 Å². The van der Waals surface area contributed by atoms with Crippen molar-refractivity contribution in [2.75, 3.05) is 0 Å². The van der Waals surface area contributed by atoms with Crippen molar-refractivity contribution in [1.29, 1.82) is 0 Å². The van der Waals surface area contributed by atoms with Gasteiger partial charge in [0.25, 0.3) is 0 Å². The van der Waals surface area contributed by atoms with Crippen LogP contribution < -0.4 is 5.43 Å². The molecule has 24 heavy (non-hydrogen) atoms. The Bertz CT molecular complexity index is 914. The number of fused-ring (bicyclic) bond motifs is 1. The van der Waals surface area contributed by atoms with Gasteiger partial charge in [-0.2, -0.15) is 0 Å². The van der Waals surface area contributed by atoms with Crippen molar-refractivity contribution >= 4 is 16.7 Å². The van der Waals surface area contributed by atoms with Crippen LogP contribution in [0.5, 0.6) is 0 Å². The lowest BCUT2D eigenvalue weighted by Crippen LogP contribution is -2.16. The van der Waals surface area contributed by atoms with Crippen molar-refractivity contribution in [2.24, 2.45) is 0 Å². The Balaban J connectivity index is 1.97. The molecule has 0 aliphatic heterocycles. The molecule has 0 aliphatic carbocycles. The summed E-state index contributed by atoms with van der Waals surface area (Å²) in [5.41, 5.74) is 2.94. The number of pyridine rings is 2. The summed E-state index contributed by atoms with van der Waals surface area (Å²) in [4.78, 5) is 32.1. The zero-order valence-electron chi connectivity index (χ0n) is 13.7. The van der Waals surface area contributed by atoms with Crippen LogP contribution in [0.2, 0.25) is 0 Å². The molecule has 3 aromatic rings. The molecule has 0 saturated heterocycles. The standard InChI is InChI=1S/C20H20N2O2/c1-2-3-6-19(23)17-13-22-18-8-7-14(11-16(18)20(17)24)10-15-5-4-9-21-12-15/h4-5,7-9,11-13H,2-3,6,10H2,1H3,(H,22,24). The minimum Gasteiger partial charge on any atom is -0.360 e. The molecule has 3 rings (SSSR count). The molecule has 122 valence electrons. The number of nitrogens with zero attached hydrogens (tertiary/aromatic N) is 1. The summed E-state index contributed by atoms with van der Waals surface area (Å²) >= 11 is 0. The molecule has 4 heteroatoms. The van der Waals surface area contributed by atoms with Gasteiger partial charge >= 0.3 is 0 Å². The van der Waals surface area contributed by atoms with Gasteiger partial charge in [0, 0.05) is 35.9 Å². The van der Waals surface area contributed by atoms with E-state index in [1.165, 1.54) is 0 Å².